The van der Waals surface area contributed by atoms with E-state index in [4.69, 9.17) is 0 Å². The Bertz CT molecular complexity index is 1270. The Hall–Kier alpha value is -3.63. The van der Waals surface area contributed by atoms with Crippen LogP contribution in [-0.2, 0) is 13.1 Å². The lowest BCUT2D eigenvalue weighted by Gasteiger charge is -2.32. The van der Waals surface area contributed by atoms with Gasteiger partial charge in [0.2, 0.25) is 0 Å². The molecular weight excluding hydrogens is 465 g/mol. The number of piperazine rings is 1. The van der Waals surface area contributed by atoms with Gasteiger partial charge in [0.05, 0.1) is 19.3 Å². The molecule has 0 bridgehead atoms. The van der Waals surface area contributed by atoms with Crippen molar-refractivity contribution in [1.82, 2.24) is 24.9 Å². The molecule has 0 saturated carbocycles. The van der Waals surface area contributed by atoms with E-state index >= 15 is 0 Å². The van der Waals surface area contributed by atoms with Crippen molar-refractivity contribution in [3.63, 3.8) is 0 Å². The predicted molar refractivity (Wildman–Crippen MR) is 134 cm³/mol. The number of halogens is 1. The lowest BCUT2D eigenvalue weighted by molar-refractivity contribution is 0.0980. The minimum Gasteiger partial charge on any atom is -0.346 e. The molecule has 180 valence electrons. The number of rotatable bonds is 7. The number of likely N-dealkylation sites (N-methyl/N-ethyl adjacent to an activating group) is 1. The van der Waals surface area contributed by atoms with Gasteiger partial charge in [0.25, 0.3) is 5.91 Å². The van der Waals surface area contributed by atoms with Crippen LogP contribution in [0.5, 0.6) is 0 Å². The third-order valence-electron chi connectivity index (χ3n) is 5.96. The molecule has 0 N–H and O–H groups in total. The molecule has 2 aromatic carbocycles. The molecule has 3 heterocycles. The maximum atomic E-state index is 13.6. The fourth-order valence-electron chi connectivity index (χ4n) is 3.95. The summed E-state index contributed by atoms with van der Waals surface area (Å²) in [5.74, 6) is -0.657. The molecule has 8 nitrogen and oxygen atoms in total. The van der Waals surface area contributed by atoms with Gasteiger partial charge in [-0.05, 0) is 36.9 Å². The van der Waals surface area contributed by atoms with Gasteiger partial charge in [-0.3, -0.25) is 4.79 Å². The molecule has 0 radical (unpaired) electrons. The van der Waals surface area contributed by atoms with Crippen molar-refractivity contribution in [3.05, 3.63) is 88.9 Å². The van der Waals surface area contributed by atoms with Crippen molar-refractivity contribution >= 4 is 28.1 Å². The van der Waals surface area contributed by atoms with Gasteiger partial charge in [-0.1, -0.05) is 35.5 Å². The van der Waals surface area contributed by atoms with Gasteiger partial charge in [0.15, 0.2) is 10.8 Å². The number of aromatic nitrogens is 4. The first kappa shape index (κ1) is 23.1. The number of carbonyl (C=O) groups excluding carboxylic acids is 1. The number of anilines is 2. The molecule has 10 heteroatoms. The monoisotopic (exact) mass is 491 g/mol. The highest BCUT2D eigenvalue weighted by atomic mass is 32.1. The molecule has 5 rings (SSSR count). The molecule has 1 amide bonds. The summed E-state index contributed by atoms with van der Waals surface area (Å²) in [6.45, 7) is 4.66. The second kappa shape index (κ2) is 10.3. The number of hydrogen-bond acceptors (Lipinski definition) is 7. The lowest BCUT2D eigenvalue weighted by atomic mass is 10.2. The summed E-state index contributed by atoms with van der Waals surface area (Å²) in [5, 5.41) is 9.22. The minimum atomic E-state index is -0.356. The molecule has 0 aliphatic carbocycles. The first-order valence-electron chi connectivity index (χ1n) is 11.4. The summed E-state index contributed by atoms with van der Waals surface area (Å²) in [6, 6.07) is 15.8. The fourth-order valence-corrected chi connectivity index (χ4v) is 4.90. The van der Waals surface area contributed by atoms with Crippen molar-refractivity contribution in [2.75, 3.05) is 43.0 Å². The molecule has 4 aromatic rings. The summed E-state index contributed by atoms with van der Waals surface area (Å²) in [4.78, 5) is 25.2. The van der Waals surface area contributed by atoms with Gasteiger partial charge in [0, 0.05) is 42.9 Å². The molecule has 1 saturated heterocycles. The molecule has 0 atom stereocenters. The molecule has 1 aliphatic rings. The van der Waals surface area contributed by atoms with Crippen molar-refractivity contribution in [1.29, 1.82) is 0 Å². The maximum Gasteiger partial charge on any atom is 0.280 e. The van der Waals surface area contributed by atoms with E-state index in [1.54, 1.807) is 39.2 Å². The quantitative estimate of drug-likeness (QED) is 0.394. The highest BCUT2D eigenvalue weighted by Gasteiger charge is 2.24. The highest BCUT2D eigenvalue weighted by Crippen LogP contribution is 2.27. The van der Waals surface area contributed by atoms with Gasteiger partial charge in [-0.25, -0.2) is 14.1 Å². The molecular formula is C25H26FN7OS. The lowest BCUT2D eigenvalue weighted by Crippen LogP contribution is -2.44. The number of nitrogens with zero attached hydrogens (tertiary/aromatic N) is 7. The van der Waals surface area contributed by atoms with E-state index in [2.05, 4.69) is 32.1 Å². The van der Waals surface area contributed by atoms with E-state index in [1.165, 1.54) is 12.1 Å². The predicted octanol–water partition coefficient (Wildman–Crippen LogP) is 3.52. The maximum absolute atomic E-state index is 13.6. The van der Waals surface area contributed by atoms with E-state index in [-0.39, 0.29) is 17.4 Å². The van der Waals surface area contributed by atoms with Crippen LogP contribution in [-0.4, -0.2) is 64.0 Å². The van der Waals surface area contributed by atoms with Crippen molar-refractivity contribution in [3.8, 4) is 0 Å². The van der Waals surface area contributed by atoms with E-state index in [0.717, 1.165) is 41.8 Å². The first-order valence-corrected chi connectivity index (χ1v) is 12.3. The summed E-state index contributed by atoms with van der Waals surface area (Å²) >= 11 is 1.57. The van der Waals surface area contributed by atoms with Gasteiger partial charge >= 0.3 is 0 Å². The Balaban J connectivity index is 1.36. The van der Waals surface area contributed by atoms with Crippen LogP contribution < -0.4 is 9.80 Å². The van der Waals surface area contributed by atoms with Gasteiger partial charge < -0.3 is 14.7 Å². The average Bonchev–Trinajstić information content (AvgIpc) is 3.54. The van der Waals surface area contributed by atoms with Crippen LogP contribution >= 0.6 is 11.3 Å². The topological polar surface area (TPSA) is 70.4 Å². The van der Waals surface area contributed by atoms with Crippen LogP contribution in [0.25, 0.3) is 0 Å². The van der Waals surface area contributed by atoms with Crippen LogP contribution in [0.2, 0.25) is 0 Å². The smallest absolute Gasteiger partial charge is 0.280 e. The number of amides is 1. The molecule has 35 heavy (non-hydrogen) atoms. The van der Waals surface area contributed by atoms with Gasteiger partial charge in [0.1, 0.15) is 5.82 Å². The van der Waals surface area contributed by atoms with Crippen LogP contribution in [0.1, 0.15) is 20.9 Å². The Labute approximate surface area is 207 Å². The van der Waals surface area contributed by atoms with E-state index in [9.17, 15) is 9.18 Å². The average molecular weight is 492 g/mol. The Morgan fingerprint density at radius 2 is 1.80 bits per heavy atom. The Morgan fingerprint density at radius 1 is 1.06 bits per heavy atom. The molecule has 1 fully saturated rings. The first-order chi connectivity index (χ1) is 17.0. The number of thiazole rings is 1. The Morgan fingerprint density at radius 3 is 2.54 bits per heavy atom. The standard InChI is InChI=1S/C25H26FN7OS/c1-30-11-13-31(14-12-30)25-27-15-22(35-25)17-33(21-9-7-20(26)8-10-21)24(34)23-18-32(29-28-23)16-19-5-3-2-4-6-19/h2-10,15,18H,11-14,16-17H2,1H3. The highest BCUT2D eigenvalue weighted by molar-refractivity contribution is 7.15. The fraction of sp³-hybridized carbons (Fsp3) is 0.280. The number of hydrogen-bond donors (Lipinski definition) is 0. The van der Waals surface area contributed by atoms with E-state index in [0.29, 0.717) is 18.8 Å². The van der Waals surface area contributed by atoms with Crippen molar-refractivity contribution in [2.45, 2.75) is 13.1 Å². The summed E-state index contributed by atoms with van der Waals surface area (Å²) in [6.07, 6.45) is 3.46. The zero-order chi connectivity index (χ0) is 24.2. The van der Waals surface area contributed by atoms with E-state index < -0.39 is 0 Å². The minimum absolute atomic E-state index is 0.231. The third-order valence-corrected chi connectivity index (χ3v) is 7.00. The second-order valence-electron chi connectivity index (χ2n) is 8.55. The summed E-state index contributed by atoms with van der Waals surface area (Å²) < 4.78 is 15.2. The van der Waals surface area contributed by atoms with Gasteiger partial charge in [-0.2, -0.15) is 0 Å². The SMILES string of the molecule is CN1CCN(c2ncc(CN(C(=O)c3cn(Cc4ccccc4)nn3)c3ccc(F)cc3)s2)CC1. The molecule has 2 aromatic heterocycles. The van der Waals surface area contributed by atoms with Crippen LogP contribution in [0.15, 0.2) is 67.0 Å². The molecule has 0 spiro atoms. The Kier molecular flexibility index (Phi) is 6.82. The molecule has 0 unspecified atom stereocenters. The zero-order valence-electron chi connectivity index (χ0n) is 19.4. The van der Waals surface area contributed by atoms with Crippen LogP contribution in [0.4, 0.5) is 15.2 Å². The second-order valence-corrected chi connectivity index (χ2v) is 9.65. The van der Waals surface area contributed by atoms with Gasteiger partial charge in [-0.15, -0.1) is 16.4 Å². The molecule has 1 aliphatic heterocycles. The summed E-state index contributed by atoms with van der Waals surface area (Å²) in [5.41, 5.74) is 1.88. The third kappa shape index (κ3) is 5.55. The number of carbonyl (C=O) groups is 1. The van der Waals surface area contributed by atoms with Crippen molar-refractivity contribution in [2.24, 2.45) is 0 Å². The summed E-state index contributed by atoms with van der Waals surface area (Å²) in [7, 11) is 2.12. The van der Waals surface area contributed by atoms with E-state index in [1.807, 2.05) is 36.5 Å². The van der Waals surface area contributed by atoms with Crippen molar-refractivity contribution < 1.29 is 9.18 Å². The van der Waals surface area contributed by atoms with Crippen LogP contribution in [0.3, 0.4) is 0 Å². The van der Waals surface area contributed by atoms with Crippen LogP contribution in [0, 0.1) is 5.82 Å². The largest absolute Gasteiger partial charge is 0.346 e. The number of benzene rings is 2. The normalized spacial score (nSPS) is 14.3. The zero-order valence-corrected chi connectivity index (χ0v) is 20.2.